The van der Waals surface area contributed by atoms with E-state index < -0.39 is 5.41 Å². The molecule has 2 N–H and O–H groups in total. The van der Waals surface area contributed by atoms with Crippen LogP contribution in [0.2, 0.25) is 0 Å². The SMILES string of the molecule is CC(N)Cc1cc(F)cc(OCCC(C)(C)C#N)c1. The number of rotatable bonds is 6. The maximum absolute atomic E-state index is 13.4. The van der Waals surface area contributed by atoms with Crippen molar-refractivity contribution >= 4 is 0 Å². The van der Waals surface area contributed by atoms with Crippen LogP contribution in [0.5, 0.6) is 5.75 Å². The second kappa shape index (κ2) is 6.53. The van der Waals surface area contributed by atoms with Gasteiger partial charge in [0.1, 0.15) is 11.6 Å². The molecule has 0 heterocycles. The van der Waals surface area contributed by atoms with Crippen LogP contribution in [0.1, 0.15) is 32.8 Å². The van der Waals surface area contributed by atoms with Crippen molar-refractivity contribution < 1.29 is 9.13 Å². The van der Waals surface area contributed by atoms with E-state index in [1.807, 2.05) is 20.8 Å². The molecule has 0 spiro atoms. The number of benzene rings is 1. The zero-order chi connectivity index (χ0) is 14.5. The zero-order valence-corrected chi connectivity index (χ0v) is 11.7. The molecule has 0 aliphatic carbocycles. The Morgan fingerprint density at radius 2 is 2.11 bits per heavy atom. The molecule has 104 valence electrons. The monoisotopic (exact) mass is 264 g/mol. The second-order valence-corrected chi connectivity index (χ2v) is 5.57. The molecule has 0 aliphatic heterocycles. The lowest BCUT2D eigenvalue weighted by Crippen LogP contribution is -2.18. The van der Waals surface area contributed by atoms with Crippen molar-refractivity contribution in [2.45, 2.75) is 39.7 Å². The van der Waals surface area contributed by atoms with Crippen LogP contribution in [-0.2, 0) is 6.42 Å². The van der Waals surface area contributed by atoms with Crippen LogP contribution >= 0.6 is 0 Å². The highest BCUT2D eigenvalue weighted by Crippen LogP contribution is 2.21. The van der Waals surface area contributed by atoms with Gasteiger partial charge in [-0.25, -0.2) is 4.39 Å². The van der Waals surface area contributed by atoms with Gasteiger partial charge in [-0.3, -0.25) is 0 Å². The van der Waals surface area contributed by atoms with Crippen molar-refractivity contribution in [1.29, 1.82) is 5.26 Å². The van der Waals surface area contributed by atoms with Crippen LogP contribution in [0.3, 0.4) is 0 Å². The van der Waals surface area contributed by atoms with Crippen LogP contribution in [0.25, 0.3) is 0 Å². The van der Waals surface area contributed by atoms with Crippen LogP contribution in [0.15, 0.2) is 18.2 Å². The number of halogens is 1. The minimum absolute atomic E-state index is 0.0211. The Morgan fingerprint density at radius 3 is 2.68 bits per heavy atom. The molecule has 0 fully saturated rings. The molecular formula is C15H21FN2O. The summed E-state index contributed by atoms with van der Waals surface area (Å²) in [5, 5.41) is 8.90. The van der Waals surface area contributed by atoms with Gasteiger partial charge >= 0.3 is 0 Å². The predicted octanol–water partition coefficient (Wildman–Crippen LogP) is 3.03. The number of ether oxygens (including phenoxy) is 1. The summed E-state index contributed by atoms with van der Waals surface area (Å²) in [4.78, 5) is 0. The van der Waals surface area contributed by atoms with E-state index >= 15 is 0 Å². The number of nitriles is 1. The molecule has 0 radical (unpaired) electrons. The minimum atomic E-state index is -0.429. The largest absolute Gasteiger partial charge is 0.493 e. The average molecular weight is 264 g/mol. The molecule has 0 saturated heterocycles. The number of nitrogens with two attached hydrogens (primary N) is 1. The normalized spacial score (nSPS) is 12.8. The van der Waals surface area contributed by atoms with Crippen LogP contribution in [0, 0.1) is 22.6 Å². The highest BCUT2D eigenvalue weighted by molar-refractivity contribution is 5.30. The topological polar surface area (TPSA) is 59.0 Å². The Kier molecular flexibility index (Phi) is 5.31. The van der Waals surface area contributed by atoms with Gasteiger partial charge in [0.25, 0.3) is 0 Å². The average Bonchev–Trinajstić information content (AvgIpc) is 2.27. The van der Waals surface area contributed by atoms with Gasteiger partial charge in [0, 0.05) is 12.1 Å². The minimum Gasteiger partial charge on any atom is -0.493 e. The van der Waals surface area contributed by atoms with Crippen molar-refractivity contribution in [3.63, 3.8) is 0 Å². The fourth-order valence-corrected chi connectivity index (χ4v) is 1.67. The lowest BCUT2D eigenvalue weighted by Gasteiger charge is -2.16. The molecule has 1 atom stereocenters. The molecular weight excluding hydrogens is 243 g/mol. The first-order valence-corrected chi connectivity index (χ1v) is 6.41. The lowest BCUT2D eigenvalue weighted by molar-refractivity contribution is 0.263. The van der Waals surface area contributed by atoms with Gasteiger partial charge in [-0.2, -0.15) is 5.26 Å². The van der Waals surface area contributed by atoms with Gasteiger partial charge in [-0.1, -0.05) is 0 Å². The van der Waals surface area contributed by atoms with Gasteiger partial charge < -0.3 is 10.5 Å². The Morgan fingerprint density at radius 1 is 1.42 bits per heavy atom. The van der Waals surface area contributed by atoms with Crippen molar-refractivity contribution in [3.8, 4) is 11.8 Å². The van der Waals surface area contributed by atoms with Crippen LogP contribution in [0.4, 0.5) is 4.39 Å². The lowest BCUT2D eigenvalue weighted by atomic mass is 9.92. The summed E-state index contributed by atoms with van der Waals surface area (Å²) >= 11 is 0. The number of nitrogens with zero attached hydrogens (tertiary/aromatic N) is 1. The fourth-order valence-electron chi connectivity index (χ4n) is 1.67. The smallest absolute Gasteiger partial charge is 0.127 e. The molecule has 0 aromatic heterocycles. The molecule has 0 bridgehead atoms. The molecule has 0 saturated carbocycles. The maximum Gasteiger partial charge on any atom is 0.127 e. The molecule has 3 nitrogen and oxygen atoms in total. The van der Waals surface area contributed by atoms with E-state index in [4.69, 9.17) is 15.7 Å². The zero-order valence-electron chi connectivity index (χ0n) is 11.7. The van der Waals surface area contributed by atoms with Crippen molar-refractivity contribution in [1.82, 2.24) is 0 Å². The van der Waals surface area contributed by atoms with Gasteiger partial charge in [-0.05, 0) is 51.3 Å². The summed E-state index contributed by atoms with van der Waals surface area (Å²) in [6.45, 7) is 5.97. The Labute approximate surface area is 114 Å². The molecule has 0 aliphatic rings. The van der Waals surface area contributed by atoms with Crippen molar-refractivity contribution in [2.24, 2.45) is 11.1 Å². The molecule has 4 heteroatoms. The summed E-state index contributed by atoms with van der Waals surface area (Å²) < 4.78 is 18.9. The first-order chi connectivity index (χ1) is 8.82. The summed E-state index contributed by atoms with van der Waals surface area (Å²) in [7, 11) is 0. The van der Waals surface area contributed by atoms with Crippen molar-refractivity contribution in [2.75, 3.05) is 6.61 Å². The van der Waals surface area contributed by atoms with Gasteiger partial charge in [-0.15, -0.1) is 0 Å². The van der Waals surface area contributed by atoms with E-state index in [-0.39, 0.29) is 11.9 Å². The first-order valence-electron chi connectivity index (χ1n) is 6.41. The summed E-state index contributed by atoms with van der Waals surface area (Å²) in [6, 6.07) is 6.80. The summed E-state index contributed by atoms with van der Waals surface area (Å²) in [5.41, 5.74) is 6.10. The van der Waals surface area contributed by atoms with E-state index in [2.05, 4.69) is 6.07 Å². The fraction of sp³-hybridized carbons (Fsp3) is 0.533. The van der Waals surface area contributed by atoms with Crippen molar-refractivity contribution in [3.05, 3.63) is 29.6 Å². The Hall–Kier alpha value is -1.60. The van der Waals surface area contributed by atoms with E-state index in [0.717, 1.165) is 5.56 Å². The highest BCUT2D eigenvalue weighted by atomic mass is 19.1. The standard InChI is InChI=1S/C15H21FN2O/c1-11(18)6-12-7-13(16)9-14(8-12)19-5-4-15(2,3)10-17/h7-9,11H,4-6,18H2,1-3H3. The van der Waals surface area contributed by atoms with Crippen LogP contribution in [-0.4, -0.2) is 12.6 Å². The highest BCUT2D eigenvalue weighted by Gasteiger charge is 2.16. The third-order valence-corrected chi connectivity index (χ3v) is 2.79. The van der Waals surface area contributed by atoms with Gasteiger partial charge in [0.2, 0.25) is 0 Å². The molecule has 1 unspecified atom stereocenters. The quantitative estimate of drug-likeness (QED) is 0.859. The third kappa shape index (κ3) is 5.71. The molecule has 1 aromatic rings. The number of hydrogen-bond acceptors (Lipinski definition) is 3. The summed E-state index contributed by atoms with van der Waals surface area (Å²) in [5.74, 6) is 0.164. The predicted molar refractivity (Wildman–Crippen MR) is 73.3 cm³/mol. The second-order valence-electron chi connectivity index (χ2n) is 5.57. The molecule has 1 rings (SSSR count). The van der Waals surface area contributed by atoms with Gasteiger partial charge in [0.05, 0.1) is 18.1 Å². The molecule has 1 aromatic carbocycles. The third-order valence-electron chi connectivity index (χ3n) is 2.79. The Balaban J connectivity index is 2.64. The van der Waals surface area contributed by atoms with E-state index in [0.29, 0.717) is 25.2 Å². The maximum atomic E-state index is 13.4. The first kappa shape index (κ1) is 15.5. The van der Waals surface area contributed by atoms with Gasteiger partial charge in [0.15, 0.2) is 0 Å². The summed E-state index contributed by atoms with van der Waals surface area (Å²) in [6.07, 6.45) is 1.21. The Bertz CT molecular complexity index is 464. The van der Waals surface area contributed by atoms with E-state index in [1.165, 1.54) is 12.1 Å². The van der Waals surface area contributed by atoms with E-state index in [1.54, 1.807) is 6.07 Å². The van der Waals surface area contributed by atoms with Crippen LogP contribution < -0.4 is 10.5 Å². The molecule has 0 amide bonds. The molecule has 19 heavy (non-hydrogen) atoms. The number of hydrogen-bond donors (Lipinski definition) is 1. The van der Waals surface area contributed by atoms with E-state index in [9.17, 15) is 4.39 Å².